The van der Waals surface area contributed by atoms with Crippen molar-refractivity contribution in [2.24, 2.45) is 23.7 Å². The molecule has 4 fully saturated rings. The molecule has 0 N–H and O–H groups in total. The van der Waals surface area contributed by atoms with E-state index in [1.165, 1.54) is 6.08 Å². The zero-order valence-electron chi connectivity index (χ0n) is 10.1. The quantitative estimate of drug-likeness (QED) is 0.543. The molecule has 4 saturated carbocycles. The van der Waals surface area contributed by atoms with Crippen molar-refractivity contribution in [2.45, 2.75) is 38.2 Å². The lowest BCUT2D eigenvalue weighted by atomic mass is 9.49. The first-order valence-electron chi connectivity index (χ1n) is 6.45. The Kier molecular flexibility index (Phi) is 2.22. The van der Waals surface area contributed by atoms with Crippen molar-refractivity contribution < 1.29 is 14.3 Å². The van der Waals surface area contributed by atoms with Crippen LogP contribution in [0.3, 0.4) is 0 Å². The van der Waals surface area contributed by atoms with E-state index < -0.39 is 0 Å². The number of esters is 1. The first-order valence-corrected chi connectivity index (χ1v) is 6.45. The van der Waals surface area contributed by atoms with E-state index in [4.69, 9.17) is 4.74 Å². The molecule has 17 heavy (non-hydrogen) atoms. The SMILES string of the molecule is C=CC(=O)OC12CC3CC(CC(C1)C3=O)C2C. The number of carbonyl (C=O) groups excluding carboxylic acids is 2. The van der Waals surface area contributed by atoms with Crippen molar-refractivity contribution in [1.29, 1.82) is 0 Å². The predicted molar refractivity (Wildman–Crippen MR) is 62.1 cm³/mol. The van der Waals surface area contributed by atoms with Gasteiger partial charge < -0.3 is 4.74 Å². The van der Waals surface area contributed by atoms with Gasteiger partial charge in [-0.1, -0.05) is 13.5 Å². The molecule has 0 heterocycles. The zero-order chi connectivity index (χ0) is 12.2. The average Bonchev–Trinajstić information content (AvgIpc) is 2.28. The van der Waals surface area contributed by atoms with Crippen LogP contribution in [0.2, 0.25) is 0 Å². The number of rotatable bonds is 2. The predicted octanol–water partition coefficient (Wildman–Crippen LogP) is 2.11. The molecule has 4 rings (SSSR count). The second-order valence-corrected chi connectivity index (χ2v) is 5.91. The molecule has 0 saturated heterocycles. The standard InChI is InChI=1S/C14H18O3/c1-3-12(15)17-14-6-10-4-9(8(14)2)5-11(7-14)13(10)16/h3,8-11H,1,4-7H2,2H3. The van der Waals surface area contributed by atoms with E-state index in [0.717, 1.165) is 25.7 Å². The molecule has 0 spiro atoms. The summed E-state index contributed by atoms with van der Waals surface area (Å²) in [5.41, 5.74) is -0.379. The van der Waals surface area contributed by atoms with E-state index in [1.54, 1.807) is 0 Å². The first kappa shape index (κ1) is 11.0. The topological polar surface area (TPSA) is 43.4 Å². The molecule has 4 aliphatic rings. The van der Waals surface area contributed by atoms with Gasteiger partial charge in [0.25, 0.3) is 0 Å². The van der Waals surface area contributed by atoms with Crippen LogP contribution in [0.5, 0.6) is 0 Å². The maximum atomic E-state index is 12.0. The zero-order valence-corrected chi connectivity index (χ0v) is 10.1. The lowest BCUT2D eigenvalue weighted by molar-refractivity contribution is -0.201. The first-order chi connectivity index (χ1) is 8.05. The molecule has 0 radical (unpaired) electrons. The van der Waals surface area contributed by atoms with E-state index in [2.05, 4.69) is 13.5 Å². The molecule has 0 aromatic heterocycles. The molecule has 92 valence electrons. The summed E-state index contributed by atoms with van der Waals surface area (Å²) in [7, 11) is 0. The summed E-state index contributed by atoms with van der Waals surface area (Å²) in [4.78, 5) is 23.5. The van der Waals surface area contributed by atoms with Gasteiger partial charge >= 0.3 is 5.97 Å². The highest BCUT2D eigenvalue weighted by atomic mass is 16.6. The third kappa shape index (κ3) is 1.41. The second-order valence-electron chi connectivity index (χ2n) is 5.91. The lowest BCUT2D eigenvalue weighted by Gasteiger charge is -2.58. The maximum Gasteiger partial charge on any atom is 0.330 e. The Morgan fingerprint density at radius 3 is 2.53 bits per heavy atom. The highest BCUT2D eigenvalue weighted by molar-refractivity contribution is 5.87. The summed E-state index contributed by atoms with van der Waals surface area (Å²) in [5.74, 6) is 1.29. The van der Waals surface area contributed by atoms with Gasteiger partial charge in [0.2, 0.25) is 0 Å². The van der Waals surface area contributed by atoms with Crippen molar-refractivity contribution in [3.63, 3.8) is 0 Å². The fourth-order valence-corrected chi connectivity index (χ4v) is 4.31. The fourth-order valence-electron chi connectivity index (χ4n) is 4.31. The Hall–Kier alpha value is -1.12. The molecule has 3 nitrogen and oxygen atoms in total. The number of Topliss-reactive ketones (excluding diaryl/α,β-unsaturated/α-hetero) is 1. The molecular formula is C14H18O3. The van der Waals surface area contributed by atoms with Gasteiger partial charge in [0.05, 0.1) is 0 Å². The minimum Gasteiger partial charge on any atom is -0.456 e. The van der Waals surface area contributed by atoms with Crippen LogP contribution < -0.4 is 0 Å². The summed E-state index contributed by atoms with van der Waals surface area (Å²) in [6.07, 6.45) is 4.71. The van der Waals surface area contributed by atoms with Gasteiger partial charge in [-0.15, -0.1) is 0 Å². The Bertz CT molecular complexity index is 380. The van der Waals surface area contributed by atoms with E-state index in [9.17, 15) is 9.59 Å². The summed E-state index contributed by atoms with van der Waals surface area (Å²) in [6.45, 7) is 5.63. The number of carbonyl (C=O) groups is 2. The molecular weight excluding hydrogens is 216 g/mol. The third-order valence-corrected chi connectivity index (χ3v) is 5.17. The second kappa shape index (κ2) is 3.44. The molecule has 4 aliphatic carbocycles. The lowest BCUT2D eigenvalue weighted by Crippen LogP contribution is -2.61. The van der Waals surface area contributed by atoms with Crippen LogP contribution in [0.1, 0.15) is 32.6 Å². The minimum absolute atomic E-state index is 0.140. The molecule has 3 unspecified atom stereocenters. The van der Waals surface area contributed by atoms with Crippen LogP contribution in [-0.4, -0.2) is 17.4 Å². The monoisotopic (exact) mass is 234 g/mol. The average molecular weight is 234 g/mol. The number of ether oxygens (including phenoxy) is 1. The van der Waals surface area contributed by atoms with Gasteiger partial charge in [0.15, 0.2) is 0 Å². The van der Waals surface area contributed by atoms with Crippen molar-refractivity contribution >= 4 is 11.8 Å². The smallest absolute Gasteiger partial charge is 0.330 e. The highest BCUT2D eigenvalue weighted by Gasteiger charge is 2.60. The molecule has 0 aliphatic heterocycles. The number of hydrogen-bond acceptors (Lipinski definition) is 3. The van der Waals surface area contributed by atoms with Crippen LogP contribution in [0.4, 0.5) is 0 Å². The van der Waals surface area contributed by atoms with E-state index in [1.807, 2.05) is 0 Å². The summed E-state index contributed by atoms with van der Waals surface area (Å²) >= 11 is 0. The third-order valence-electron chi connectivity index (χ3n) is 5.17. The van der Waals surface area contributed by atoms with Crippen LogP contribution in [0.25, 0.3) is 0 Å². The summed E-state index contributed by atoms with van der Waals surface area (Å²) in [6, 6.07) is 0. The Morgan fingerprint density at radius 1 is 1.41 bits per heavy atom. The number of ketones is 1. The minimum atomic E-state index is -0.379. The van der Waals surface area contributed by atoms with Gasteiger partial charge in [-0.05, 0) is 37.5 Å². The summed E-state index contributed by atoms with van der Waals surface area (Å²) in [5, 5.41) is 0. The Morgan fingerprint density at radius 2 is 2.00 bits per heavy atom. The fraction of sp³-hybridized carbons (Fsp3) is 0.714. The van der Waals surface area contributed by atoms with Gasteiger partial charge in [0, 0.05) is 17.9 Å². The van der Waals surface area contributed by atoms with Crippen LogP contribution in [-0.2, 0) is 14.3 Å². The summed E-state index contributed by atoms with van der Waals surface area (Å²) < 4.78 is 5.65. The van der Waals surface area contributed by atoms with Crippen LogP contribution in [0, 0.1) is 23.7 Å². The van der Waals surface area contributed by atoms with E-state index >= 15 is 0 Å². The van der Waals surface area contributed by atoms with Gasteiger partial charge in [-0.3, -0.25) is 4.79 Å². The highest BCUT2D eigenvalue weighted by Crippen LogP contribution is 2.58. The molecule has 0 aromatic rings. The molecule has 0 aromatic carbocycles. The largest absolute Gasteiger partial charge is 0.456 e. The molecule has 3 atom stereocenters. The van der Waals surface area contributed by atoms with E-state index in [0.29, 0.717) is 17.6 Å². The van der Waals surface area contributed by atoms with Crippen LogP contribution >= 0.6 is 0 Å². The van der Waals surface area contributed by atoms with Gasteiger partial charge in [0.1, 0.15) is 11.4 Å². The van der Waals surface area contributed by atoms with Crippen molar-refractivity contribution in [3.8, 4) is 0 Å². The molecule has 0 amide bonds. The van der Waals surface area contributed by atoms with E-state index in [-0.39, 0.29) is 23.4 Å². The Balaban J connectivity index is 1.92. The molecule has 3 heteroatoms. The van der Waals surface area contributed by atoms with Gasteiger partial charge in [-0.2, -0.15) is 0 Å². The van der Waals surface area contributed by atoms with Crippen molar-refractivity contribution in [2.75, 3.05) is 0 Å². The van der Waals surface area contributed by atoms with Gasteiger partial charge in [-0.25, -0.2) is 4.79 Å². The van der Waals surface area contributed by atoms with Crippen molar-refractivity contribution in [1.82, 2.24) is 0 Å². The Labute approximate surface area is 101 Å². The maximum absolute atomic E-state index is 12.0. The van der Waals surface area contributed by atoms with Crippen LogP contribution in [0.15, 0.2) is 12.7 Å². The van der Waals surface area contributed by atoms with Crippen molar-refractivity contribution in [3.05, 3.63) is 12.7 Å². The molecule has 4 bridgehead atoms. The normalized spacial score (nSPS) is 47.0. The number of hydrogen-bond donors (Lipinski definition) is 0.